The van der Waals surface area contributed by atoms with Crippen molar-refractivity contribution in [2.45, 2.75) is 25.2 Å². The van der Waals surface area contributed by atoms with E-state index in [9.17, 15) is 31.1 Å². The lowest BCUT2D eigenvalue weighted by molar-refractivity contribution is -0.189. The van der Waals surface area contributed by atoms with Crippen LogP contribution in [0.3, 0.4) is 0 Å². The van der Waals surface area contributed by atoms with Crippen LogP contribution in [-0.2, 0) is 11.0 Å². The molecule has 10 heteroatoms. The maximum Gasteiger partial charge on any atom is 0.416 e. The molecule has 0 aliphatic heterocycles. The van der Waals surface area contributed by atoms with Crippen LogP contribution in [0, 0.1) is 5.41 Å². The van der Waals surface area contributed by atoms with Gasteiger partial charge in [0.1, 0.15) is 5.41 Å². The van der Waals surface area contributed by atoms with Crippen molar-refractivity contribution >= 4 is 34.8 Å². The summed E-state index contributed by atoms with van der Waals surface area (Å²) in [5.74, 6) is -1.39. The van der Waals surface area contributed by atoms with Gasteiger partial charge in [-0.15, -0.1) is 0 Å². The van der Waals surface area contributed by atoms with Gasteiger partial charge >= 0.3 is 12.4 Å². The molecule has 1 aliphatic rings. The minimum Gasteiger partial charge on any atom is -0.323 e. The van der Waals surface area contributed by atoms with E-state index in [0.717, 1.165) is 0 Å². The Labute approximate surface area is 130 Å². The van der Waals surface area contributed by atoms with Crippen LogP contribution in [0.1, 0.15) is 18.4 Å². The Morgan fingerprint density at radius 2 is 1.50 bits per heavy atom. The SMILES string of the molecule is O=C(Nc1c(Cl)cc(C(F)(F)F)cc1Cl)C1(C(F)(F)F)CC1. The van der Waals surface area contributed by atoms with Crippen LogP contribution >= 0.6 is 23.2 Å². The second-order valence-electron chi connectivity index (χ2n) is 4.85. The van der Waals surface area contributed by atoms with Gasteiger partial charge in [-0.3, -0.25) is 4.79 Å². The number of carbonyl (C=O) groups is 1. The molecule has 0 spiro atoms. The molecule has 1 aromatic carbocycles. The summed E-state index contributed by atoms with van der Waals surface area (Å²) in [5.41, 5.74) is -4.17. The number of rotatable bonds is 2. The summed E-state index contributed by atoms with van der Waals surface area (Å²) in [6.07, 6.45) is -10.3. The lowest BCUT2D eigenvalue weighted by atomic mass is 10.1. The fourth-order valence-electron chi connectivity index (χ4n) is 1.85. The van der Waals surface area contributed by atoms with Crippen LogP contribution in [0.2, 0.25) is 10.0 Å². The number of alkyl halides is 6. The van der Waals surface area contributed by atoms with E-state index < -0.39 is 57.8 Å². The molecule has 2 nitrogen and oxygen atoms in total. The third kappa shape index (κ3) is 2.99. The third-order valence-electron chi connectivity index (χ3n) is 3.34. The molecular formula is C12H7Cl2F6NO. The molecule has 0 atom stereocenters. The van der Waals surface area contributed by atoms with E-state index in [1.54, 1.807) is 0 Å². The van der Waals surface area contributed by atoms with Crippen molar-refractivity contribution in [3.63, 3.8) is 0 Å². The van der Waals surface area contributed by atoms with Crippen molar-refractivity contribution in [2.24, 2.45) is 5.41 Å². The second kappa shape index (κ2) is 5.19. The lowest BCUT2D eigenvalue weighted by Gasteiger charge is -2.20. The average molecular weight is 366 g/mol. The highest BCUT2D eigenvalue weighted by molar-refractivity contribution is 6.40. The maximum absolute atomic E-state index is 12.8. The Balaban J connectivity index is 2.30. The van der Waals surface area contributed by atoms with E-state index in [0.29, 0.717) is 12.1 Å². The number of carbonyl (C=O) groups excluding carboxylic acids is 1. The van der Waals surface area contributed by atoms with Crippen molar-refractivity contribution in [3.8, 4) is 0 Å². The van der Waals surface area contributed by atoms with Crippen molar-refractivity contribution in [2.75, 3.05) is 5.32 Å². The van der Waals surface area contributed by atoms with Crippen LogP contribution in [0.5, 0.6) is 0 Å². The van der Waals surface area contributed by atoms with Crippen LogP contribution in [0.25, 0.3) is 0 Å². The molecule has 0 heterocycles. The third-order valence-corrected chi connectivity index (χ3v) is 3.93. The van der Waals surface area contributed by atoms with Gasteiger partial charge in [-0.1, -0.05) is 23.2 Å². The molecule has 0 unspecified atom stereocenters. The highest BCUT2D eigenvalue weighted by atomic mass is 35.5. The number of hydrogen-bond donors (Lipinski definition) is 1. The van der Waals surface area contributed by atoms with Crippen LogP contribution in [0.4, 0.5) is 32.0 Å². The Bertz CT molecular complexity index is 598. The molecule has 1 N–H and O–H groups in total. The molecule has 0 aromatic heterocycles. The monoisotopic (exact) mass is 365 g/mol. The minimum absolute atomic E-state index is 0.391. The fraction of sp³-hybridized carbons (Fsp3) is 0.417. The minimum atomic E-state index is -4.75. The van der Waals surface area contributed by atoms with E-state index >= 15 is 0 Å². The smallest absolute Gasteiger partial charge is 0.323 e. The van der Waals surface area contributed by atoms with E-state index in [1.807, 2.05) is 5.32 Å². The molecule has 2 rings (SSSR count). The summed E-state index contributed by atoms with van der Waals surface area (Å²) in [7, 11) is 0. The second-order valence-corrected chi connectivity index (χ2v) is 5.66. The first-order valence-electron chi connectivity index (χ1n) is 5.83. The van der Waals surface area contributed by atoms with Gasteiger partial charge in [0, 0.05) is 0 Å². The molecule has 1 aliphatic carbocycles. The number of halogens is 8. The summed E-state index contributed by atoms with van der Waals surface area (Å²) < 4.78 is 76.0. The molecule has 122 valence electrons. The van der Waals surface area contributed by atoms with E-state index in [4.69, 9.17) is 23.2 Å². The molecule has 1 saturated carbocycles. The molecule has 22 heavy (non-hydrogen) atoms. The molecule has 0 saturated heterocycles. The maximum atomic E-state index is 12.8. The highest BCUT2D eigenvalue weighted by Crippen LogP contribution is 2.58. The van der Waals surface area contributed by atoms with Crippen molar-refractivity contribution < 1.29 is 31.1 Å². The van der Waals surface area contributed by atoms with E-state index in [1.165, 1.54) is 0 Å². The molecular weight excluding hydrogens is 359 g/mol. The van der Waals surface area contributed by atoms with Gasteiger partial charge in [0.25, 0.3) is 0 Å². The first-order valence-corrected chi connectivity index (χ1v) is 6.58. The van der Waals surface area contributed by atoms with Gasteiger partial charge in [0.05, 0.1) is 21.3 Å². The summed E-state index contributed by atoms with van der Waals surface area (Å²) in [5, 5.41) is 0.693. The topological polar surface area (TPSA) is 29.1 Å². The molecule has 0 bridgehead atoms. The number of anilines is 1. The number of nitrogens with one attached hydrogen (secondary N) is 1. The average Bonchev–Trinajstić information content (AvgIpc) is 3.12. The first kappa shape index (κ1) is 17.2. The largest absolute Gasteiger partial charge is 0.416 e. The number of amides is 1. The summed E-state index contributed by atoms with van der Waals surface area (Å²) >= 11 is 11.2. The van der Waals surface area contributed by atoms with Gasteiger partial charge in [0.15, 0.2) is 0 Å². The number of hydrogen-bond acceptors (Lipinski definition) is 1. The lowest BCUT2D eigenvalue weighted by Crippen LogP contribution is -2.37. The summed E-state index contributed by atoms with van der Waals surface area (Å²) in [6.45, 7) is 0. The molecule has 1 amide bonds. The van der Waals surface area contributed by atoms with Crippen molar-refractivity contribution in [3.05, 3.63) is 27.7 Å². The fourth-order valence-corrected chi connectivity index (χ4v) is 2.44. The van der Waals surface area contributed by atoms with Crippen molar-refractivity contribution in [1.29, 1.82) is 0 Å². The summed E-state index contributed by atoms with van der Waals surface area (Å²) in [4.78, 5) is 11.8. The van der Waals surface area contributed by atoms with Crippen LogP contribution < -0.4 is 5.32 Å². The normalized spacial score (nSPS) is 17.3. The van der Waals surface area contributed by atoms with Crippen molar-refractivity contribution in [1.82, 2.24) is 0 Å². The predicted octanol–water partition coefficient (Wildman–Crippen LogP) is 5.29. The van der Waals surface area contributed by atoms with E-state index in [2.05, 4.69) is 0 Å². The highest BCUT2D eigenvalue weighted by Gasteiger charge is 2.68. The Morgan fingerprint density at radius 1 is 1.05 bits per heavy atom. The molecule has 1 fully saturated rings. The van der Waals surface area contributed by atoms with Gasteiger partial charge < -0.3 is 5.32 Å². The number of benzene rings is 1. The molecule has 1 aromatic rings. The standard InChI is InChI=1S/C12H7Cl2F6NO/c13-6-3-5(11(15,16)17)4-7(14)8(6)21-9(22)10(1-2-10)12(18,19)20/h3-4H,1-2H2,(H,21,22). The van der Waals surface area contributed by atoms with Crippen LogP contribution in [-0.4, -0.2) is 12.1 Å². The Morgan fingerprint density at radius 3 is 1.82 bits per heavy atom. The van der Waals surface area contributed by atoms with Crippen LogP contribution in [0.15, 0.2) is 12.1 Å². The first-order chi connectivity index (χ1) is 9.88. The van der Waals surface area contributed by atoms with E-state index in [-0.39, 0.29) is 0 Å². The van der Waals surface area contributed by atoms with Gasteiger partial charge in [-0.25, -0.2) is 0 Å². The summed E-state index contributed by atoms with van der Waals surface area (Å²) in [6, 6.07) is 0.965. The predicted molar refractivity (Wildman–Crippen MR) is 67.8 cm³/mol. The molecule has 0 radical (unpaired) electrons. The zero-order valence-electron chi connectivity index (χ0n) is 10.5. The Kier molecular flexibility index (Phi) is 4.06. The van der Waals surface area contributed by atoms with Gasteiger partial charge in [-0.2, -0.15) is 26.3 Å². The Hall–Kier alpha value is -1.15. The van der Waals surface area contributed by atoms with Gasteiger partial charge in [-0.05, 0) is 25.0 Å². The zero-order chi connectivity index (χ0) is 16.9. The quantitative estimate of drug-likeness (QED) is 0.708. The zero-order valence-corrected chi connectivity index (χ0v) is 12.0. The van der Waals surface area contributed by atoms with Gasteiger partial charge in [0.2, 0.25) is 5.91 Å².